The van der Waals surface area contributed by atoms with E-state index in [9.17, 15) is 9.59 Å². The Bertz CT molecular complexity index is 626. The summed E-state index contributed by atoms with van der Waals surface area (Å²) in [7, 11) is 1.35. The number of nitrogens with zero attached hydrogens (tertiary/aromatic N) is 1. The summed E-state index contributed by atoms with van der Waals surface area (Å²) in [4.78, 5) is 25.7. The maximum atomic E-state index is 12.6. The average Bonchev–Trinajstić information content (AvgIpc) is 2.58. The number of hydrogen-bond acceptors (Lipinski definition) is 3. The largest absolute Gasteiger partial charge is 0.466 e. The van der Waals surface area contributed by atoms with Crippen LogP contribution in [0.5, 0.6) is 0 Å². The second kappa shape index (κ2) is 8.24. The zero-order valence-electron chi connectivity index (χ0n) is 13.2. The molecule has 0 radical (unpaired) electrons. The maximum absolute atomic E-state index is 12.6. The molecule has 0 fully saturated rings. The van der Waals surface area contributed by atoms with E-state index in [1.54, 1.807) is 11.0 Å². The summed E-state index contributed by atoms with van der Waals surface area (Å²) in [5, 5.41) is 0. The van der Waals surface area contributed by atoms with Gasteiger partial charge in [-0.25, -0.2) is 4.79 Å². The summed E-state index contributed by atoms with van der Waals surface area (Å²) in [6.07, 6.45) is 3.45. The summed E-state index contributed by atoms with van der Waals surface area (Å²) in [5.41, 5.74) is 1.57. The molecule has 0 saturated heterocycles. The third-order valence-electron chi connectivity index (χ3n) is 3.97. The zero-order chi connectivity index (χ0) is 17.7. The van der Waals surface area contributed by atoms with Crippen LogP contribution in [0.3, 0.4) is 0 Å². The van der Waals surface area contributed by atoms with E-state index in [1.165, 1.54) is 7.11 Å². The quantitative estimate of drug-likeness (QED) is 0.576. The van der Waals surface area contributed by atoms with E-state index in [4.69, 9.17) is 39.5 Å². The second-order valence-corrected chi connectivity index (χ2v) is 7.85. The van der Waals surface area contributed by atoms with Crippen LogP contribution in [-0.4, -0.2) is 33.7 Å². The molecule has 4 nitrogen and oxygen atoms in total. The molecule has 1 unspecified atom stereocenters. The standard InChI is InChI=1S/C17H18Cl3NO3/c1-24-15(22)13-7-9-14(10-8-13)21(16(23)17(18,19)20)11-12-5-3-2-4-6-12/h2-7,14H,8-11H2,1H3. The highest BCUT2D eigenvalue weighted by atomic mass is 35.6. The molecule has 1 aromatic carbocycles. The van der Waals surface area contributed by atoms with Crippen molar-refractivity contribution in [2.45, 2.75) is 35.6 Å². The second-order valence-electron chi connectivity index (χ2n) is 5.57. The van der Waals surface area contributed by atoms with E-state index in [0.29, 0.717) is 31.4 Å². The smallest absolute Gasteiger partial charge is 0.333 e. The van der Waals surface area contributed by atoms with Crippen LogP contribution in [0.4, 0.5) is 0 Å². The first-order valence-corrected chi connectivity index (χ1v) is 8.65. The number of alkyl halides is 3. The van der Waals surface area contributed by atoms with Gasteiger partial charge in [-0.05, 0) is 24.8 Å². The number of carbonyl (C=O) groups is 2. The lowest BCUT2D eigenvalue weighted by Crippen LogP contribution is -2.46. The number of amides is 1. The van der Waals surface area contributed by atoms with Crippen molar-refractivity contribution in [3.05, 3.63) is 47.5 Å². The van der Waals surface area contributed by atoms with Gasteiger partial charge in [0, 0.05) is 18.2 Å². The fourth-order valence-electron chi connectivity index (χ4n) is 2.73. The van der Waals surface area contributed by atoms with Gasteiger partial charge in [-0.3, -0.25) is 4.79 Å². The Morgan fingerprint density at radius 1 is 1.25 bits per heavy atom. The summed E-state index contributed by atoms with van der Waals surface area (Å²) in [6.45, 7) is 0.347. The molecule has 0 spiro atoms. The lowest BCUT2D eigenvalue weighted by atomic mass is 9.93. The summed E-state index contributed by atoms with van der Waals surface area (Å²) in [5.74, 6) is -0.896. The van der Waals surface area contributed by atoms with Crippen molar-refractivity contribution in [3.8, 4) is 0 Å². The molecule has 24 heavy (non-hydrogen) atoms. The fraction of sp³-hybridized carbons (Fsp3) is 0.412. The number of ether oxygens (including phenoxy) is 1. The van der Waals surface area contributed by atoms with E-state index < -0.39 is 9.70 Å². The molecule has 1 aliphatic carbocycles. The summed E-state index contributed by atoms with van der Waals surface area (Å²) < 4.78 is 2.72. The van der Waals surface area contributed by atoms with Crippen LogP contribution >= 0.6 is 34.8 Å². The number of methoxy groups -OCH3 is 1. The van der Waals surface area contributed by atoms with Crippen molar-refractivity contribution in [2.75, 3.05) is 7.11 Å². The van der Waals surface area contributed by atoms with Crippen molar-refractivity contribution in [1.82, 2.24) is 4.90 Å². The molecule has 0 aromatic heterocycles. The predicted molar refractivity (Wildman–Crippen MR) is 95.0 cm³/mol. The van der Waals surface area contributed by atoms with Crippen molar-refractivity contribution < 1.29 is 14.3 Å². The molecule has 0 aliphatic heterocycles. The molecular formula is C17H18Cl3NO3. The molecule has 1 aromatic rings. The number of benzene rings is 1. The lowest BCUT2D eigenvalue weighted by molar-refractivity contribution is -0.136. The highest BCUT2D eigenvalue weighted by Gasteiger charge is 2.38. The molecule has 7 heteroatoms. The van der Waals surface area contributed by atoms with Gasteiger partial charge in [0.05, 0.1) is 7.11 Å². The van der Waals surface area contributed by atoms with Gasteiger partial charge in [-0.1, -0.05) is 71.2 Å². The Hall–Kier alpha value is -1.23. The predicted octanol–water partition coefficient (Wildman–Crippen LogP) is 4.04. The van der Waals surface area contributed by atoms with Gasteiger partial charge in [-0.2, -0.15) is 0 Å². The van der Waals surface area contributed by atoms with Gasteiger partial charge in [0.1, 0.15) is 0 Å². The van der Waals surface area contributed by atoms with E-state index >= 15 is 0 Å². The van der Waals surface area contributed by atoms with Crippen molar-refractivity contribution in [2.24, 2.45) is 0 Å². The number of halogens is 3. The van der Waals surface area contributed by atoms with Crippen molar-refractivity contribution in [3.63, 3.8) is 0 Å². The highest BCUT2D eigenvalue weighted by Crippen LogP contribution is 2.33. The summed E-state index contributed by atoms with van der Waals surface area (Å²) in [6, 6.07) is 9.37. The lowest BCUT2D eigenvalue weighted by Gasteiger charge is -2.35. The Kier molecular flexibility index (Phi) is 6.55. The Balaban J connectivity index is 2.19. The Morgan fingerprint density at radius 2 is 1.92 bits per heavy atom. The van der Waals surface area contributed by atoms with Crippen LogP contribution in [-0.2, 0) is 20.9 Å². The third-order valence-corrected chi connectivity index (χ3v) is 4.46. The third kappa shape index (κ3) is 4.88. The maximum Gasteiger partial charge on any atom is 0.333 e. The molecule has 0 saturated carbocycles. The monoisotopic (exact) mass is 389 g/mol. The van der Waals surface area contributed by atoms with Gasteiger partial charge >= 0.3 is 5.97 Å². The molecule has 130 valence electrons. The number of hydrogen-bond donors (Lipinski definition) is 0. The Morgan fingerprint density at radius 3 is 2.42 bits per heavy atom. The van der Waals surface area contributed by atoms with Crippen LogP contribution < -0.4 is 0 Å². The first kappa shape index (κ1) is 19.1. The van der Waals surface area contributed by atoms with Crippen LogP contribution in [0.25, 0.3) is 0 Å². The number of rotatable bonds is 4. The summed E-state index contributed by atoms with van der Waals surface area (Å²) >= 11 is 17.4. The van der Waals surface area contributed by atoms with E-state index in [-0.39, 0.29) is 12.0 Å². The topological polar surface area (TPSA) is 46.6 Å². The van der Waals surface area contributed by atoms with Gasteiger partial charge in [-0.15, -0.1) is 0 Å². The first-order valence-electron chi connectivity index (χ1n) is 7.52. The van der Waals surface area contributed by atoms with Crippen LogP contribution in [0, 0.1) is 0 Å². The van der Waals surface area contributed by atoms with Crippen LogP contribution in [0.1, 0.15) is 24.8 Å². The van der Waals surface area contributed by atoms with E-state index in [1.807, 2.05) is 30.3 Å². The SMILES string of the molecule is COC(=O)C1=CCC(N(Cc2ccccc2)C(=O)C(Cl)(Cl)Cl)CC1. The molecule has 2 rings (SSSR count). The fourth-order valence-corrected chi connectivity index (χ4v) is 3.06. The van der Waals surface area contributed by atoms with E-state index in [2.05, 4.69) is 0 Å². The van der Waals surface area contributed by atoms with Crippen LogP contribution in [0.15, 0.2) is 42.0 Å². The number of carbonyl (C=O) groups excluding carboxylic acids is 2. The Labute approximate surface area is 156 Å². The minimum Gasteiger partial charge on any atom is -0.466 e. The first-order chi connectivity index (χ1) is 11.3. The molecule has 1 amide bonds. The number of esters is 1. The normalized spacial score (nSPS) is 17.8. The van der Waals surface area contributed by atoms with Crippen molar-refractivity contribution in [1.29, 1.82) is 0 Å². The molecule has 1 atom stereocenters. The molecule has 0 bridgehead atoms. The van der Waals surface area contributed by atoms with E-state index in [0.717, 1.165) is 5.56 Å². The average molecular weight is 391 g/mol. The van der Waals surface area contributed by atoms with Crippen LogP contribution in [0.2, 0.25) is 0 Å². The molecular weight excluding hydrogens is 373 g/mol. The van der Waals surface area contributed by atoms with Crippen molar-refractivity contribution >= 4 is 46.7 Å². The molecule has 0 N–H and O–H groups in total. The minimum absolute atomic E-state index is 0.137. The minimum atomic E-state index is -2.01. The van der Waals surface area contributed by atoms with Gasteiger partial charge < -0.3 is 9.64 Å². The van der Waals surface area contributed by atoms with Gasteiger partial charge in [0.15, 0.2) is 0 Å². The van der Waals surface area contributed by atoms with Gasteiger partial charge in [0.25, 0.3) is 9.70 Å². The molecule has 1 aliphatic rings. The molecule has 0 heterocycles. The van der Waals surface area contributed by atoms with Gasteiger partial charge in [0.2, 0.25) is 0 Å². The highest BCUT2D eigenvalue weighted by molar-refractivity contribution is 6.76. The zero-order valence-corrected chi connectivity index (χ0v) is 15.4.